The number of hydrogen-bond acceptors (Lipinski definition) is 3. The molecule has 0 spiro atoms. The van der Waals surface area contributed by atoms with Crippen LogP contribution >= 0.6 is 11.3 Å². The summed E-state index contributed by atoms with van der Waals surface area (Å²) in [5.74, 6) is 0. The molecular formula is C13H12N2S. The Morgan fingerprint density at radius 3 is 2.62 bits per heavy atom. The Morgan fingerprint density at radius 2 is 2.00 bits per heavy atom. The van der Waals surface area contributed by atoms with Gasteiger partial charge in [0.05, 0.1) is 6.07 Å². The Balaban J connectivity index is 2.00. The van der Waals surface area contributed by atoms with Gasteiger partial charge < -0.3 is 0 Å². The molecule has 1 N–H and O–H groups in total. The van der Waals surface area contributed by atoms with Crippen molar-refractivity contribution >= 4 is 11.3 Å². The molecule has 1 aromatic carbocycles. The van der Waals surface area contributed by atoms with Crippen molar-refractivity contribution in [2.24, 2.45) is 0 Å². The van der Waals surface area contributed by atoms with Gasteiger partial charge in [0.2, 0.25) is 0 Å². The van der Waals surface area contributed by atoms with Crippen molar-refractivity contribution < 1.29 is 0 Å². The second-order valence-corrected chi connectivity index (χ2v) is 4.47. The summed E-state index contributed by atoms with van der Waals surface area (Å²) in [5.41, 5.74) is 1.02. The first kappa shape index (κ1) is 10.9. The fraction of sp³-hybridized carbons (Fsp3) is 0.154. The molecular weight excluding hydrogens is 216 g/mol. The standard InChI is InChI=1S/C13H12N2S/c14-9-13(11-5-2-1-3-6-11)15-10-12-7-4-8-16-12/h1-8,13,15H,10H2. The van der Waals surface area contributed by atoms with Gasteiger partial charge in [-0.15, -0.1) is 11.3 Å². The topological polar surface area (TPSA) is 35.8 Å². The van der Waals surface area contributed by atoms with Crippen molar-refractivity contribution in [1.29, 1.82) is 5.26 Å². The molecule has 1 heterocycles. The van der Waals surface area contributed by atoms with E-state index >= 15 is 0 Å². The number of nitrogens with zero attached hydrogens (tertiary/aromatic N) is 1. The summed E-state index contributed by atoms with van der Waals surface area (Å²) in [6.45, 7) is 0.741. The average Bonchev–Trinajstić information content (AvgIpc) is 2.84. The van der Waals surface area contributed by atoms with Crippen LogP contribution in [-0.2, 0) is 6.54 Å². The summed E-state index contributed by atoms with van der Waals surface area (Å²) in [6, 6.07) is 15.9. The monoisotopic (exact) mass is 228 g/mol. The minimum absolute atomic E-state index is 0.233. The zero-order chi connectivity index (χ0) is 11.2. The van der Waals surface area contributed by atoms with Crippen LogP contribution < -0.4 is 5.32 Å². The zero-order valence-electron chi connectivity index (χ0n) is 8.76. The molecule has 0 amide bonds. The second kappa shape index (κ2) is 5.45. The average molecular weight is 228 g/mol. The lowest BCUT2D eigenvalue weighted by atomic mass is 10.1. The second-order valence-electron chi connectivity index (χ2n) is 3.43. The molecule has 0 fully saturated rings. The van der Waals surface area contributed by atoms with E-state index in [2.05, 4.69) is 17.5 Å². The predicted molar refractivity (Wildman–Crippen MR) is 66.0 cm³/mol. The molecule has 0 aliphatic heterocycles. The fourth-order valence-corrected chi connectivity index (χ4v) is 2.16. The first-order valence-electron chi connectivity index (χ1n) is 5.10. The van der Waals surface area contributed by atoms with Gasteiger partial charge in [-0.2, -0.15) is 5.26 Å². The van der Waals surface area contributed by atoms with Crippen LogP contribution in [0, 0.1) is 11.3 Å². The third-order valence-electron chi connectivity index (χ3n) is 2.32. The lowest BCUT2D eigenvalue weighted by molar-refractivity contribution is 0.636. The Hall–Kier alpha value is -1.63. The van der Waals surface area contributed by atoms with Crippen molar-refractivity contribution in [2.75, 3.05) is 0 Å². The smallest absolute Gasteiger partial charge is 0.121 e. The quantitative estimate of drug-likeness (QED) is 0.872. The Morgan fingerprint density at radius 1 is 1.19 bits per heavy atom. The maximum atomic E-state index is 9.10. The lowest BCUT2D eigenvalue weighted by Gasteiger charge is -2.10. The first-order chi connectivity index (χ1) is 7.90. The molecule has 16 heavy (non-hydrogen) atoms. The summed E-state index contributed by atoms with van der Waals surface area (Å²) < 4.78 is 0. The summed E-state index contributed by atoms with van der Waals surface area (Å²) in [4.78, 5) is 1.25. The highest BCUT2D eigenvalue weighted by atomic mass is 32.1. The zero-order valence-corrected chi connectivity index (χ0v) is 9.58. The Labute approximate surface area is 99.2 Å². The third-order valence-corrected chi connectivity index (χ3v) is 3.20. The molecule has 2 rings (SSSR count). The molecule has 1 atom stereocenters. The van der Waals surface area contributed by atoms with Crippen LogP contribution in [0.25, 0.3) is 0 Å². The van der Waals surface area contributed by atoms with Gasteiger partial charge in [-0.25, -0.2) is 0 Å². The van der Waals surface area contributed by atoms with Crippen LogP contribution in [-0.4, -0.2) is 0 Å². The third kappa shape index (κ3) is 2.69. The van der Waals surface area contributed by atoms with E-state index in [0.29, 0.717) is 0 Å². The van der Waals surface area contributed by atoms with Gasteiger partial charge in [-0.05, 0) is 17.0 Å². The van der Waals surface area contributed by atoms with Gasteiger partial charge in [-0.1, -0.05) is 36.4 Å². The molecule has 1 unspecified atom stereocenters. The molecule has 3 heteroatoms. The Bertz CT molecular complexity index is 456. The number of thiophene rings is 1. The highest BCUT2D eigenvalue weighted by Gasteiger charge is 2.08. The Kier molecular flexibility index (Phi) is 3.71. The van der Waals surface area contributed by atoms with E-state index in [4.69, 9.17) is 5.26 Å². The van der Waals surface area contributed by atoms with Gasteiger partial charge in [0, 0.05) is 11.4 Å². The predicted octanol–water partition coefficient (Wildman–Crippen LogP) is 3.10. The molecule has 2 nitrogen and oxygen atoms in total. The highest BCUT2D eigenvalue weighted by Crippen LogP contribution is 2.14. The SMILES string of the molecule is N#CC(NCc1cccs1)c1ccccc1. The van der Waals surface area contributed by atoms with Crippen LogP contribution in [0.15, 0.2) is 47.8 Å². The van der Waals surface area contributed by atoms with Gasteiger partial charge in [0.25, 0.3) is 0 Å². The van der Waals surface area contributed by atoms with E-state index < -0.39 is 0 Å². The summed E-state index contributed by atoms with van der Waals surface area (Å²) in [7, 11) is 0. The number of rotatable bonds is 4. The molecule has 1 aromatic heterocycles. The van der Waals surface area contributed by atoms with Gasteiger partial charge in [0.1, 0.15) is 6.04 Å². The molecule has 0 saturated heterocycles. The van der Waals surface area contributed by atoms with Crippen molar-refractivity contribution in [1.82, 2.24) is 5.32 Å². The van der Waals surface area contributed by atoms with E-state index in [1.165, 1.54) is 4.88 Å². The van der Waals surface area contributed by atoms with E-state index in [9.17, 15) is 0 Å². The van der Waals surface area contributed by atoms with E-state index in [-0.39, 0.29) is 6.04 Å². The maximum Gasteiger partial charge on any atom is 0.121 e. The summed E-state index contributed by atoms with van der Waals surface area (Å²) >= 11 is 1.70. The van der Waals surface area contributed by atoms with Crippen molar-refractivity contribution in [3.63, 3.8) is 0 Å². The van der Waals surface area contributed by atoms with Crippen molar-refractivity contribution in [3.05, 3.63) is 58.3 Å². The number of nitrogens with one attached hydrogen (secondary N) is 1. The molecule has 80 valence electrons. The first-order valence-corrected chi connectivity index (χ1v) is 5.98. The summed E-state index contributed by atoms with van der Waals surface area (Å²) in [6.07, 6.45) is 0. The van der Waals surface area contributed by atoms with Crippen molar-refractivity contribution in [2.45, 2.75) is 12.6 Å². The molecule has 0 aliphatic rings. The normalized spacial score (nSPS) is 11.9. The van der Waals surface area contributed by atoms with Crippen LogP contribution in [0.4, 0.5) is 0 Å². The van der Waals surface area contributed by atoms with E-state index in [1.54, 1.807) is 11.3 Å². The van der Waals surface area contributed by atoms with Gasteiger partial charge in [-0.3, -0.25) is 5.32 Å². The largest absolute Gasteiger partial charge is 0.293 e. The summed E-state index contributed by atoms with van der Waals surface area (Å²) in [5, 5.41) is 14.4. The van der Waals surface area contributed by atoms with Crippen LogP contribution in [0.1, 0.15) is 16.5 Å². The molecule has 0 radical (unpaired) electrons. The van der Waals surface area contributed by atoms with Gasteiger partial charge >= 0.3 is 0 Å². The van der Waals surface area contributed by atoms with Crippen molar-refractivity contribution in [3.8, 4) is 6.07 Å². The molecule has 0 saturated carbocycles. The van der Waals surface area contributed by atoms with Crippen LogP contribution in [0.2, 0.25) is 0 Å². The van der Waals surface area contributed by atoms with E-state index in [0.717, 1.165) is 12.1 Å². The van der Waals surface area contributed by atoms with Crippen LogP contribution in [0.5, 0.6) is 0 Å². The van der Waals surface area contributed by atoms with Gasteiger partial charge in [0.15, 0.2) is 0 Å². The molecule has 2 aromatic rings. The minimum atomic E-state index is -0.233. The molecule has 0 bridgehead atoms. The number of nitriles is 1. The number of benzene rings is 1. The maximum absolute atomic E-state index is 9.10. The lowest BCUT2D eigenvalue weighted by Crippen LogP contribution is -2.18. The fourth-order valence-electron chi connectivity index (χ4n) is 1.50. The highest BCUT2D eigenvalue weighted by molar-refractivity contribution is 7.09. The van der Waals surface area contributed by atoms with Crippen LogP contribution in [0.3, 0.4) is 0 Å². The molecule has 0 aliphatic carbocycles. The van der Waals surface area contributed by atoms with E-state index in [1.807, 2.05) is 41.8 Å². The number of hydrogen-bond donors (Lipinski definition) is 1. The minimum Gasteiger partial charge on any atom is -0.293 e.